The highest BCUT2D eigenvalue weighted by atomic mass is 19.1. The molecule has 8 heteroatoms. The maximum absolute atomic E-state index is 14.3. The van der Waals surface area contributed by atoms with Crippen molar-refractivity contribution in [2.45, 2.75) is 13.3 Å². The minimum Gasteiger partial charge on any atom is -0.497 e. The predicted molar refractivity (Wildman–Crippen MR) is 106 cm³/mol. The van der Waals surface area contributed by atoms with Crippen molar-refractivity contribution in [2.24, 2.45) is 0 Å². The second-order valence-electron chi connectivity index (χ2n) is 6.60. The van der Waals surface area contributed by atoms with Crippen LogP contribution in [-0.4, -0.2) is 61.7 Å². The van der Waals surface area contributed by atoms with Crippen molar-refractivity contribution < 1.29 is 23.5 Å². The van der Waals surface area contributed by atoms with E-state index in [2.05, 4.69) is 4.98 Å². The molecule has 1 aliphatic heterocycles. The summed E-state index contributed by atoms with van der Waals surface area (Å²) >= 11 is 0. The molecule has 3 rings (SSSR count). The van der Waals surface area contributed by atoms with Gasteiger partial charge in [0, 0.05) is 38.4 Å². The third-order valence-corrected chi connectivity index (χ3v) is 4.77. The smallest absolute Gasteiger partial charge is 0.339 e. The molecule has 0 aliphatic carbocycles. The van der Waals surface area contributed by atoms with Gasteiger partial charge in [-0.05, 0) is 37.6 Å². The maximum atomic E-state index is 14.3. The van der Waals surface area contributed by atoms with E-state index in [-0.39, 0.29) is 11.5 Å². The normalized spacial score (nSPS) is 14.3. The van der Waals surface area contributed by atoms with Crippen LogP contribution in [0.4, 0.5) is 10.2 Å². The first-order valence-corrected chi connectivity index (χ1v) is 9.54. The number of methoxy groups -OCH3 is 1. The van der Waals surface area contributed by atoms with Crippen molar-refractivity contribution in [3.63, 3.8) is 0 Å². The van der Waals surface area contributed by atoms with Crippen molar-refractivity contribution in [1.82, 2.24) is 9.88 Å². The topological polar surface area (TPSA) is 72.0 Å². The number of hydrogen-bond acceptors (Lipinski definition) is 6. The maximum Gasteiger partial charge on any atom is 0.339 e. The van der Waals surface area contributed by atoms with Crippen LogP contribution in [0, 0.1) is 5.82 Å². The van der Waals surface area contributed by atoms with E-state index in [4.69, 9.17) is 9.47 Å². The lowest BCUT2D eigenvalue weighted by Crippen LogP contribution is -2.35. The number of halogens is 1. The standard InChI is InChI=1S/C21H24FN3O4/c1-3-29-21(27)15-5-8-19(23-14-15)24-9-4-10-25(12-11-24)20(26)17-7-6-16(28-2)13-18(17)22/h5-8,13-14H,3-4,9-12H2,1-2H3. The number of aromatic nitrogens is 1. The average molecular weight is 401 g/mol. The molecule has 1 aromatic carbocycles. The fourth-order valence-corrected chi connectivity index (χ4v) is 3.22. The molecule has 0 atom stereocenters. The molecule has 0 unspecified atom stereocenters. The van der Waals surface area contributed by atoms with Gasteiger partial charge in [-0.1, -0.05) is 0 Å². The second-order valence-corrected chi connectivity index (χ2v) is 6.60. The van der Waals surface area contributed by atoms with E-state index < -0.39 is 11.8 Å². The molecule has 1 amide bonds. The van der Waals surface area contributed by atoms with Crippen LogP contribution in [-0.2, 0) is 4.74 Å². The zero-order chi connectivity index (χ0) is 20.8. The van der Waals surface area contributed by atoms with Crippen molar-refractivity contribution in [3.05, 3.63) is 53.5 Å². The number of carbonyl (C=O) groups excluding carboxylic acids is 2. The zero-order valence-electron chi connectivity index (χ0n) is 16.6. The lowest BCUT2D eigenvalue weighted by atomic mass is 10.1. The van der Waals surface area contributed by atoms with Crippen LogP contribution in [0.1, 0.15) is 34.1 Å². The Morgan fingerprint density at radius 3 is 2.62 bits per heavy atom. The SMILES string of the molecule is CCOC(=O)c1ccc(N2CCCN(C(=O)c3ccc(OC)cc3F)CC2)nc1. The number of ether oxygens (including phenoxy) is 2. The summed E-state index contributed by atoms with van der Waals surface area (Å²) < 4.78 is 24.2. The Morgan fingerprint density at radius 1 is 1.14 bits per heavy atom. The Hall–Kier alpha value is -3.16. The number of anilines is 1. The fourth-order valence-electron chi connectivity index (χ4n) is 3.22. The molecule has 0 N–H and O–H groups in total. The summed E-state index contributed by atoms with van der Waals surface area (Å²) in [5.74, 6) is -0.230. The molecular formula is C21H24FN3O4. The molecule has 2 aromatic rings. The van der Waals surface area contributed by atoms with E-state index in [0.717, 1.165) is 12.2 Å². The Kier molecular flexibility index (Phi) is 6.64. The largest absolute Gasteiger partial charge is 0.497 e. The van der Waals surface area contributed by atoms with Crippen molar-refractivity contribution in [2.75, 3.05) is 44.8 Å². The van der Waals surface area contributed by atoms with E-state index in [1.807, 2.05) is 4.90 Å². The first-order valence-electron chi connectivity index (χ1n) is 9.54. The lowest BCUT2D eigenvalue weighted by molar-refractivity contribution is 0.0525. The molecule has 1 aliphatic rings. The molecule has 154 valence electrons. The number of hydrogen-bond donors (Lipinski definition) is 0. The van der Waals surface area contributed by atoms with Gasteiger partial charge in [-0.15, -0.1) is 0 Å². The highest BCUT2D eigenvalue weighted by Crippen LogP contribution is 2.20. The fraction of sp³-hybridized carbons (Fsp3) is 0.381. The Morgan fingerprint density at radius 2 is 1.97 bits per heavy atom. The van der Waals surface area contributed by atoms with Gasteiger partial charge in [-0.25, -0.2) is 14.2 Å². The van der Waals surface area contributed by atoms with Crippen LogP contribution >= 0.6 is 0 Å². The number of amides is 1. The number of carbonyl (C=O) groups is 2. The number of rotatable bonds is 5. The number of benzene rings is 1. The van der Waals surface area contributed by atoms with Crippen LogP contribution in [0.15, 0.2) is 36.5 Å². The van der Waals surface area contributed by atoms with Crippen LogP contribution < -0.4 is 9.64 Å². The molecule has 1 aromatic heterocycles. The van der Waals surface area contributed by atoms with Gasteiger partial charge in [0.15, 0.2) is 0 Å². The quantitative estimate of drug-likeness (QED) is 0.718. The van der Waals surface area contributed by atoms with Gasteiger partial charge in [0.25, 0.3) is 5.91 Å². The van der Waals surface area contributed by atoms with E-state index >= 15 is 0 Å². The zero-order valence-corrected chi connectivity index (χ0v) is 16.6. The summed E-state index contributed by atoms with van der Waals surface area (Å²) in [7, 11) is 1.45. The van der Waals surface area contributed by atoms with Gasteiger partial charge < -0.3 is 19.3 Å². The highest BCUT2D eigenvalue weighted by Gasteiger charge is 2.23. The van der Waals surface area contributed by atoms with Gasteiger partial charge in [-0.3, -0.25) is 4.79 Å². The Balaban J connectivity index is 1.66. The van der Waals surface area contributed by atoms with Crippen LogP contribution in [0.2, 0.25) is 0 Å². The monoisotopic (exact) mass is 401 g/mol. The Bertz CT molecular complexity index is 873. The Labute approximate surface area is 169 Å². The molecule has 1 fully saturated rings. The number of nitrogens with zero attached hydrogens (tertiary/aromatic N) is 3. The van der Waals surface area contributed by atoms with Crippen molar-refractivity contribution in [3.8, 4) is 5.75 Å². The van der Waals surface area contributed by atoms with Gasteiger partial charge in [0.1, 0.15) is 17.4 Å². The third-order valence-electron chi connectivity index (χ3n) is 4.77. The molecule has 2 heterocycles. The first-order chi connectivity index (χ1) is 14.0. The van der Waals surface area contributed by atoms with Gasteiger partial charge in [0.2, 0.25) is 0 Å². The third kappa shape index (κ3) is 4.82. The van der Waals surface area contributed by atoms with Crippen LogP contribution in [0.25, 0.3) is 0 Å². The summed E-state index contributed by atoms with van der Waals surface area (Å²) in [5, 5.41) is 0. The first kappa shape index (κ1) is 20.6. The number of esters is 1. The summed E-state index contributed by atoms with van der Waals surface area (Å²) in [6.45, 7) is 4.32. The summed E-state index contributed by atoms with van der Waals surface area (Å²) in [6.07, 6.45) is 2.22. The number of pyridine rings is 1. The van der Waals surface area contributed by atoms with Gasteiger partial charge in [0.05, 0.1) is 24.8 Å². The summed E-state index contributed by atoms with van der Waals surface area (Å²) in [6, 6.07) is 7.70. The second kappa shape index (κ2) is 9.36. The molecule has 0 radical (unpaired) electrons. The molecule has 0 saturated carbocycles. The molecule has 0 spiro atoms. The predicted octanol–water partition coefficient (Wildman–Crippen LogP) is 2.76. The molecule has 1 saturated heterocycles. The van der Waals surface area contributed by atoms with Gasteiger partial charge >= 0.3 is 5.97 Å². The van der Waals surface area contributed by atoms with E-state index in [0.29, 0.717) is 44.1 Å². The van der Waals surface area contributed by atoms with Crippen molar-refractivity contribution >= 4 is 17.7 Å². The average Bonchev–Trinajstić information content (AvgIpc) is 3.00. The minimum absolute atomic E-state index is 0.0381. The van der Waals surface area contributed by atoms with E-state index in [9.17, 15) is 14.0 Å². The van der Waals surface area contributed by atoms with Crippen molar-refractivity contribution in [1.29, 1.82) is 0 Å². The molecular weight excluding hydrogens is 377 g/mol. The molecule has 0 bridgehead atoms. The highest BCUT2D eigenvalue weighted by molar-refractivity contribution is 5.94. The van der Waals surface area contributed by atoms with Crippen LogP contribution in [0.3, 0.4) is 0 Å². The summed E-state index contributed by atoms with van der Waals surface area (Å²) in [4.78, 5) is 32.6. The van der Waals surface area contributed by atoms with Crippen LogP contribution in [0.5, 0.6) is 5.75 Å². The lowest BCUT2D eigenvalue weighted by Gasteiger charge is -2.23. The van der Waals surface area contributed by atoms with Gasteiger partial charge in [-0.2, -0.15) is 0 Å². The molecule has 29 heavy (non-hydrogen) atoms. The molecule has 7 nitrogen and oxygen atoms in total. The van der Waals surface area contributed by atoms with E-state index in [1.54, 1.807) is 30.0 Å². The minimum atomic E-state index is -0.591. The summed E-state index contributed by atoms with van der Waals surface area (Å²) in [5.41, 5.74) is 0.438. The van der Waals surface area contributed by atoms with E-state index in [1.165, 1.54) is 25.4 Å².